The summed E-state index contributed by atoms with van der Waals surface area (Å²) in [5.74, 6) is 2.24. The maximum atomic E-state index is 6.40. The van der Waals surface area contributed by atoms with E-state index in [0.717, 1.165) is 67.4 Å². The Morgan fingerprint density at radius 1 is 1.06 bits per heavy atom. The first-order valence-corrected chi connectivity index (χ1v) is 12.3. The first-order valence-electron chi connectivity index (χ1n) is 11.5. The molecule has 3 heterocycles. The van der Waals surface area contributed by atoms with E-state index in [1.807, 2.05) is 30.5 Å². The molecular weight excluding hydrogens is 443 g/mol. The van der Waals surface area contributed by atoms with Crippen LogP contribution in [0.5, 0.6) is 0 Å². The molecule has 0 amide bonds. The van der Waals surface area contributed by atoms with Gasteiger partial charge in [-0.05, 0) is 63.4 Å². The molecular formula is C24H28Cl2N6. The van der Waals surface area contributed by atoms with Crippen molar-refractivity contribution in [3.05, 3.63) is 46.3 Å². The van der Waals surface area contributed by atoms with Gasteiger partial charge >= 0.3 is 0 Å². The highest BCUT2D eigenvalue weighted by Gasteiger charge is 2.28. The van der Waals surface area contributed by atoms with E-state index in [-0.39, 0.29) is 0 Å². The second-order valence-electron chi connectivity index (χ2n) is 8.66. The van der Waals surface area contributed by atoms with E-state index >= 15 is 0 Å². The van der Waals surface area contributed by atoms with Gasteiger partial charge in [-0.2, -0.15) is 0 Å². The molecule has 8 heteroatoms. The van der Waals surface area contributed by atoms with Crippen molar-refractivity contribution in [2.75, 3.05) is 18.4 Å². The molecule has 1 aliphatic heterocycles. The lowest BCUT2D eigenvalue weighted by Gasteiger charge is -2.23. The molecule has 2 fully saturated rings. The summed E-state index contributed by atoms with van der Waals surface area (Å²) in [7, 11) is 0. The summed E-state index contributed by atoms with van der Waals surface area (Å²) < 4.78 is 2.37. The third kappa shape index (κ3) is 4.49. The minimum Gasteiger partial charge on any atom is -0.351 e. The molecule has 5 rings (SSSR count). The lowest BCUT2D eigenvalue weighted by atomic mass is 9.97. The van der Waals surface area contributed by atoms with Gasteiger partial charge in [0.2, 0.25) is 5.95 Å². The van der Waals surface area contributed by atoms with Crippen molar-refractivity contribution in [2.45, 2.75) is 57.5 Å². The Labute approximate surface area is 198 Å². The van der Waals surface area contributed by atoms with E-state index in [2.05, 4.69) is 27.1 Å². The van der Waals surface area contributed by atoms with Crippen molar-refractivity contribution in [1.82, 2.24) is 24.8 Å². The minimum atomic E-state index is 0.420. The molecule has 1 aliphatic carbocycles. The van der Waals surface area contributed by atoms with Crippen molar-refractivity contribution in [3.8, 4) is 22.6 Å². The molecule has 2 N–H and O–H groups in total. The van der Waals surface area contributed by atoms with Crippen molar-refractivity contribution in [3.63, 3.8) is 0 Å². The molecule has 1 aromatic carbocycles. The zero-order chi connectivity index (χ0) is 22.1. The molecule has 0 atom stereocenters. The topological polar surface area (TPSA) is 67.7 Å². The fourth-order valence-corrected chi connectivity index (χ4v) is 4.68. The van der Waals surface area contributed by atoms with Crippen LogP contribution in [0.2, 0.25) is 10.0 Å². The molecule has 0 unspecified atom stereocenters. The highest BCUT2D eigenvalue weighted by molar-refractivity contribution is 6.42. The van der Waals surface area contributed by atoms with E-state index in [4.69, 9.17) is 33.2 Å². The van der Waals surface area contributed by atoms with Crippen LogP contribution in [-0.4, -0.2) is 38.7 Å². The van der Waals surface area contributed by atoms with E-state index in [9.17, 15) is 0 Å². The van der Waals surface area contributed by atoms with Gasteiger partial charge in [0, 0.05) is 30.3 Å². The monoisotopic (exact) mass is 470 g/mol. The number of aromatic nitrogens is 4. The van der Waals surface area contributed by atoms with Gasteiger partial charge in [0.1, 0.15) is 5.82 Å². The zero-order valence-corrected chi connectivity index (χ0v) is 19.8. The standard InChI is InChI=1S/C24H28Cl2N6/c1-2-13-32-22(20-9-12-28-24(30-20)29-17-4-5-17)21(16-3-6-18(25)19(26)14-16)31-23(32)15-7-10-27-11-8-15/h3,6,9,12,14-15,17,27H,2,4-5,7-8,10-11,13H2,1H3,(H,28,29,30). The lowest BCUT2D eigenvalue weighted by molar-refractivity contribution is 0.430. The van der Waals surface area contributed by atoms with Crippen molar-refractivity contribution in [1.29, 1.82) is 0 Å². The van der Waals surface area contributed by atoms with Gasteiger partial charge in [-0.25, -0.2) is 15.0 Å². The van der Waals surface area contributed by atoms with Gasteiger partial charge in [-0.15, -0.1) is 0 Å². The number of rotatable bonds is 7. The molecule has 0 spiro atoms. The third-order valence-corrected chi connectivity index (χ3v) is 6.89. The second kappa shape index (κ2) is 9.38. The molecule has 6 nitrogen and oxygen atoms in total. The Kier molecular flexibility index (Phi) is 6.35. The predicted molar refractivity (Wildman–Crippen MR) is 130 cm³/mol. The summed E-state index contributed by atoms with van der Waals surface area (Å²) in [4.78, 5) is 14.6. The Balaban J connectivity index is 1.68. The first-order chi connectivity index (χ1) is 15.6. The van der Waals surface area contributed by atoms with E-state index in [1.54, 1.807) is 0 Å². The van der Waals surface area contributed by atoms with Crippen LogP contribution in [-0.2, 0) is 6.54 Å². The van der Waals surface area contributed by atoms with Gasteiger partial charge in [0.25, 0.3) is 0 Å². The first kappa shape index (κ1) is 21.7. The van der Waals surface area contributed by atoms with Crippen molar-refractivity contribution >= 4 is 29.2 Å². The molecule has 168 valence electrons. The van der Waals surface area contributed by atoms with Gasteiger partial charge in [-0.1, -0.05) is 36.2 Å². The highest BCUT2D eigenvalue weighted by Crippen LogP contribution is 2.38. The Morgan fingerprint density at radius 2 is 1.88 bits per heavy atom. The number of piperidine rings is 1. The summed E-state index contributed by atoms with van der Waals surface area (Å²) in [6.45, 7) is 5.13. The van der Waals surface area contributed by atoms with Crippen LogP contribution in [0, 0.1) is 0 Å². The number of imidazole rings is 1. The molecule has 2 aromatic heterocycles. The number of hydrogen-bond donors (Lipinski definition) is 2. The number of anilines is 1. The highest BCUT2D eigenvalue weighted by atomic mass is 35.5. The van der Waals surface area contributed by atoms with E-state index < -0.39 is 0 Å². The van der Waals surface area contributed by atoms with Crippen LogP contribution in [0.25, 0.3) is 22.6 Å². The Hall–Kier alpha value is -2.15. The lowest BCUT2D eigenvalue weighted by Crippen LogP contribution is -2.28. The maximum Gasteiger partial charge on any atom is 0.223 e. The largest absolute Gasteiger partial charge is 0.351 e. The number of hydrogen-bond acceptors (Lipinski definition) is 5. The van der Waals surface area contributed by atoms with Gasteiger partial charge < -0.3 is 15.2 Å². The minimum absolute atomic E-state index is 0.420. The summed E-state index contributed by atoms with van der Waals surface area (Å²) in [6, 6.07) is 8.21. The zero-order valence-electron chi connectivity index (χ0n) is 18.2. The molecule has 1 saturated heterocycles. The smallest absolute Gasteiger partial charge is 0.223 e. The predicted octanol–water partition coefficient (Wildman–Crippen LogP) is 5.77. The van der Waals surface area contributed by atoms with E-state index in [1.165, 1.54) is 12.8 Å². The van der Waals surface area contributed by atoms with Crippen molar-refractivity contribution < 1.29 is 0 Å². The summed E-state index contributed by atoms with van der Waals surface area (Å²) >= 11 is 12.6. The maximum absolute atomic E-state index is 6.40. The van der Waals surface area contributed by atoms with Crippen molar-refractivity contribution in [2.24, 2.45) is 0 Å². The Bertz CT molecular complexity index is 1100. The third-order valence-electron chi connectivity index (χ3n) is 6.15. The molecule has 0 bridgehead atoms. The molecule has 2 aliphatic rings. The fraction of sp³-hybridized carbons (Fsp3) is 0.458. The average molecular weight is 471 g/mol. The molecule has 3 aromatic rings. The molecule has 32 heavy (non-hydrogen) atoms. The number of halogens is 2. The van der Waals surface area contributed by atoms with Gasteiger partial charge in [0.05, 0.1) is 27.1 Å². The normalized spacial score (nSPS) is 17.0. The molecule has 0 radical (unpaired) electrons. The quantitative estimate of drug-likeness (QED) is 0.458. The second-order valence-corrected chi connectivity index (χ2v) is 9.47. The van der Waals surface area contributed by atoms with Crippen LogP contribution in [0.1, 0.15) is 50.8 Å². The summed E-state index contributed by atoms with van der Waals surface area (Å²) in [5.41, 5.74) is 3.77. The summed E-state index contributed by atoms with van der Waals surface area (Å²) in [5, 5.41) is 7.97. The van der Waals surface area contributed by atoms with Crippen LogP contribution in [0.4, 0.5) is 5.95 Å². The summed E-state index contributed by atoms with van der Waals surface area (Å²) in [6.07, 6.45) is 7.36. The number of benzene rings is 1. The van der Waals surface area contributed by atoms with Gasteiger partial charge in [-0.3, -0.25) is 0 Å². The molecule has 1 saturated carbocycles. The Morgan fingerprint density at radius 3 is 2.59 bits per heavy atom. The fourth-order valence-electron chi connectivity index (χ4n) is 4.39. The van der Waals surface area contributed by atoms with Crippen LogP contribution in [0.3, 0.4) is 0 Å². The van der Waals surface area contributed by atoms with Crippen LogP contribution >= 0.6 is 23.2 Å². The van der Waals surface area contributed by atoms with Crippen LogP contribution in [0.15, 0.2) is 30.5 Å². The van der Waals surface area contributed by atoms with Gasteiger partial charge in [0.15, 0.2) is 0 Å². The number of nitrogens with zero attached hydrogens (tertiary/aromatic N) is 4. The number of nitrogens with one attached hydrogen (secondary N) is 2. The average Bonchev–Trinajstić information content (AvgIpc) is 3.54. The SMILES string of the molecule is CCCn1c(C2CCNCC2)nc(-c2ccc(Cl)c(Cl)c2)c1-c1ccnc(NC2CC2)n1. The van der Waals surface area contributed by atoms with Crippen LogP contribution < -0.4 is 10.6 Å². The van der Waals surface area contributed by atoms with E-state index in [0.29, 0.717) is 28.0 Å².